The third kappa shape index (κ3) is 6.62. The van der Waals surface area contributed by atoms with E-state index in [4.69, 9.17) is 0 Å². The SMILES string of the molecule is Cc1ccc(S(=O)(=O)N(CC(=O)NCCSCc2ccccc2)c2cccc(C)c2C)cc1. The first-order valence-electron chi connectivity index (χ1n) is 10.8. The number of hydrogen-bond donors (Lipinski definition) is 1. The maximum atomic E-state index is 13.5. The van der Waals surface area contributed by atoms with Crippen LogP contribution >= 0.6 is 11.8 Å². The van der Waals surface area contributed by atoms with Crippen molar-refractivity contribution in [1.82, 2.24) is 5.32 Å². The number of nitrogens with zero attached hydrogens (tertiary/aromatic N) is 1. The Labute approximate surface area is 201 Å². The zero-order valence-electron chi connectivity index (χ0n) is 19.2. The molecule has 0 saturated heterocycles. The Morgan fingerprint density at radius 3 is 2.30 bits per heavy atom. The summed E-state index contributed by atoms with van der Waals surface area (Å²) in [5.74, 6) is 1.29. The molecule has 0 saturated carbocycles. The molecule has 5 nitrogen and oxygen atoms in total. The lowest BCUT2D eigenvalue weighted by Gasteiger charge is -2.26. The Morgan fingerprint density at radius 2 is 1.61 bits per heavy atom. The van der Waals surface area contributed by atoms with E-state index in [1.165, 1.54) is 9.87 Å². The van der Waals surface area contributed by atoms with Crippen LogP contribution in [-0.4, -0.2) is 33.2 Å². The molecule has 0 aromatic heterocycles. The summed E-state index contributed by atoms with van der Waals surface area (Å²) in [7, 11) is -3.91. The van der Waals surface area contributed by atoms with Crippen molar-refractivity contribution in [2.24, 2.45) is 0 Å². The smallest absolute Gasteiger partial charge is 0.264 e. The largest absolute Gasteiger partial charge is 0.354 e. The summed E-state index contributed by atoms with van der Waals surface area (Å²) in [6, 6.07) is 22.3. The van der Waals surface area contributed by atoms with Crippen LogP contribution in [0.25, 0.3) is 0 Å². The second-order valence-corrected chi connectivity index (χ2v) is 10.9. The zero-order valence-corrected chi connectivity index (χ0v) is 20.9. The first kappa shape index (κ1) is 24.9. The molecule has 0 aliphatic rings. The van der Waals surface area contributed by atoms with E-state index in [1.807, 2.05) is 51.1 Å². The van der Waals surface area contributed by atoms with E-state index in [0.29, 0.717) is 12.2 Å². The number of sulfonamides is 1. The van der Waals surface area contributed by atoms with Crippen LogP contribution in [-0.2, 0) is 20.6 Å². The van der Waals surface area contributed by atoms with Gasteiger partial charge in [-0.15, -0.1) is 0 Å². The molecule has 0 fully saturated rings. The summed E-state index contributed by atoms with van der Waals surface area (Å²) in [5, 5.41) is 2.87. The van der Waals surface area contributed by atoms with Gasteiger partial charge in [-0.25, -0.2) is 8.42 Å². The van der Waals surface area contributed by atoms with Crippen LogP contribution in [0.15, 0.2) is 77.7 Å². The van der Waals surface area contributed by atoms with Gasteiger partial charge in [-0.05, 0) is 55.7 Å². The van der Waals surface area contributed by atoms with Crippen molar-refractivity contribution in [2.75, 3.05) is 23.1 Å². The average molecular weight is 483 g/mol. The third-order valence-corrected chi connectivity index (χ3v) is 8.23. The van der Waals surface area contributed by atoms with Crippen molar-refractivity contribution < 1.29 is 13.2 Å². The molecule has 0 bridgehead atoms. The highest BCUT2D eigenvalue weighted by atomic mass is 32.2. The topological polar surface area (TPSA) is 66.5 Å². The van der Waals surface area contributed by atoms with E-state index in [9.17, 15) is 13.2 Å². The normalized spacial score (nSPS) is 11.2. The molecule has 3 aromatic carbocycles. The van der Waals surface area contributed by atoms with Gasteiger partial charge in [0.1, 0.15) is 6.54 Å². The third-order valence-electron chi connectivity index (χ3n) is 5.42. The van der Waals surface area contributed by atoms with Gasteiger partial charge in [-0.3, -0.25) is 9.10 Å². The molecule has 3 rings (SSSR count). The fraction of sp³-hybridized carbons (Fsp3) is 0.269. The molecule has 0 unspecified atom stereocenters. The molecule has 1 N–H and O–H groups in total. The Morgan fingerprint density at radius 1 is 0.909 bits per heavy atom. The fourth-order valence-electron chi connectivity index (χ4n) is 3.36. The van der Waals surface area contributed by atoms with Gasteiger partial charge in [-0.2, -0.15) is 11.8 Å². The summed E-state index contributed by atoms with van der Waals surface area (Å²) in [5.41, 5.74) is 4.52. The predicted octanol–water partition coefficient (Wildman–Crippen LogP) is 4.86. The highest BCUT2D eigenvalue weighted by Crippen LogP contribution is 2.28. The van der Waals surface area contributed by atoms with Gasteiger partial charge < -0.3 is 5.32 Å². The van der Waals surface area contributed by atoms with Crippen LogP contribution in [0.4, 0.5) is 5.69 Å². The lowest BCUT2D eigenvalue weighted by Crippen LogP contribution is -2.41. The summed E-state index contributed by atoms with van der Waals surface area (Å²) in [4.78, 5) is 12.9. The molecule has 0 radical (unpaired) electrons. The van der Waals surface area contributed by atoms with Gasteiger partial charge in [0.15, 0.2) is 0 Å². The van der Waals surface area contributed by atoms with Gasteiger partial charge in [0.05, 0.1) is 10.6 Å². The van der Waals surface area contributed by atoms with Gasteiger partial charge in [0.25, 0.3) is 10.0 Å². The minimum atomic E-state index is -3.91. The maximum Gasteiger partial charge on any atom is 0.264 e. The Hall–Kier alpha value is -2.77. The van der Waals surface area contributed by atoms with Gasteiger partial charge in [0.2, 0.25) is 5.91 Å². The molecule has 1 amide bonds. The van der Waals surface area contributed by atoms with Gasteiger partial charge >= 0.3 is 0 Å². The van der Waals surface area contributed by atoms with E-state index < -0.39 is 10.0 Å². The van der Waals surface area contributed by atoms with E-state index >= 15 is 0 Å². The van der Waals surface area contributed by atoms with Crippen molar-refractivity contribution in [2.45, 2.75) is 31.4 Å². The van der Waals surface area contributed by atoms with Crippen molar-refractivity contribution in [3.05, 3.63) is 95.1 Å². The average Bonchev–Trinajstić information content (AvgIpc) is 2.80. The standard InChI is InChI=1S/C26H30N2O3S2/c1-20-12-14-24(15-13-20)33(30,31)28(25-11-7-8-21(2)22(25)3)18-26(29)27-16-17-32-19-23-9-5-4-6-10-23/h4-15H,16-19H2,1-3H3,(H,27,29). The number of carbonyl (C=O) groups excluding carboxylic acids is 1. The first-order chi connectivity index (χ1) is 15.8. The van der Waals surface area contributed by atoms with Crippen molar-refractivity contribution in [3.63, 3.8) is 0 Å². The predicted molar refractivity (Wildman–Crippen MR) is 137 cm³/mol. The van der Waals surface area contributed by atoms with E-state index in [2.05, 4.69) is 17.4 Å². The number of thioether (sulfide) groups is 1. The summed E-state index contributed by atoms with van der Waals surface area (Å²) < 4.78 is 28.3. The zero-order chi connectivity index (χ0) is 23.8. The minimum absolute atomic E-state index is 0.167. The number of amides is 1. The van der Waals surface area contributed by atoms with Crippen LogP contribution in [0.2, 0.25) is 0 Å². The number of carbonyl (C=O) groups is 1. The minimum Gasteiger partial charge on any atom is -0.354 e. The highest BCUT2D eigenvalue weighted by molar-refractivity contribution is 7.98. The van der Waals surface area contributed by atoms with Gasteiger partial charge in [0, 0.05) is 18.1 Å². The summed E-state index contributed by atoms with van der Waals surface area (Å²) in [6.07, 6.45) is 0. The van der Waals surface area contributed by atoms with Crippen molar-refractivity contribution >= 4 is 33.4 Å². The van der Waals surface area contributed by atoms with E-state index in [1.54, 1.807) is 42.1 Å². The Kier molecular flexibility index (Phi) is 8.58. The van der Waals surface area contributed by atoms with Crippen LogP contribution in [0.1, 0.15) is 22.3 Å². The molecule has 0 atom stereocenters. The molecule has 0 aliphatic heterocycles. The monoisotopic (exact) mass is 482 g/mol. The molecule has 0 aliphatic carbocycles. The number of anilines is 1. The van der Waals surface area contributed by atoms with Crippen LogP contribution in [0.3, 0.4) is 0 Å². The number of benzene rings is 3. The number of aryl methyl sites for hydroxylation is 2. The van der Waals surface area contributed by atoms with Crippen molar-refractivity contribution in [1.29, 1.82) is 0 Å². The molecule has 0 heterocycles. The molecule has 174 valence electrons. The van der Waals surface area contributed by atoms with Crippen LogP contribution in [0, 0.1) is 20.8 Å². The Balaban J connectivity index is 1.71. The number of nitrogens with one attached hydrogen (secondary N) is 1. The molecule has 3 aromatic rings. The maximum absolute atomic E-state index is 13.5. The molecule has 33 heavy (non-hydrogen) atoms. The molecule has 7 heteroatoms. The van der Waals surface area contributed by atoms with Crippen LogP contribution < -0.4 is 9.62 Å². The molecule has 0 spiro atoms. The Bertz CT molecular complexity index is 1180. The van der Waals surface area contributed by atoms with E-state index in [-0.39, 0.29) is 17.3 Å². The number of rotatable bonds is 10. The lowest BCUT2D eigenvalue weighted by atomic mass is 10.1. The first-order valence-corrected chi connectivity index (χ1v) is 13.4. The number of hydrogen-bond acceptors (Lipinski definition) is 4. The van der Waals surface area contributed by atoms with Crippen molar-refractivity contribution in [3.8, 4) is 0 Å². The van der Waals surface area contributed by atoms with E-state index in [0.717, 1.165) is 28.2 Å². The second-order valence-electron chi connectivity index (χ2n) is 7.93. The molecular weight excluding hydrogens is 452 g/mol. The fourth-order valence-corrected chi connectivity index (χ4v) is 5.65. The second kappa shape index (κ2) is 11.4. The highest BCUT2D eigenvalue weighted by Gasteiger charge is 2.28. The summed E-state index contributed by atoms with van der Waals surface area (Å²) in [6.45, 7) is 5.91. The summed E-state index contributed by atoms with van der Waals surface area (Å²) >= 11 is 1.73. The lowest BCUT2D eigenvalue weighted by molar-refractivity contribution is -0.119. The molecular formula is C26H30N2O3S2. The quantitative estimate of drug-likeness (QED) is 0.419. The van der Waals surface area contributed by atoms with Gasteiger partial charge in [-0.1, -0.05) is 60.2 Å². The van der Waals surface area contributed by atoms with Crippen LogP contribution in [0.5, 0.6) is 0 Å².